The predicted octanol–water partition coefficient (Wildman–Crippen LogP) is 3.65. The molecule has 3 nitrogen and oxygen atoms in total. The summed E-state index contributed by atoms with van der Waals surface area (Å²) >= 11 is 5.59. The molecule has 0 unspecified atom stereocenters. The zero-order chi connectivity index (χ0) is 14.9. The van der Waals surface area contributed by atoms with Crippen molar-refractivity contribution in [2.24, 2.45) is 0 Å². The van der Waals surface area contributed by atoms with Gasteiger partial charge in [0.25, 0.3) is 0 Å². The summed E-state index contributed by atoms with van der Waals surface area (Å²) in [6.45, 7) is 0.456. The summed E-state index contributed by atoms with van der Waals surface area (Å²) in [7, 11) is 1.65. The Balaban J connectivity index is 2.00. The molecule has 0 saturated heterocycles. The second-order valence-corrected chi connectivity index (χ2v) is 4.67. The fourth-order valence-corrected chi connectivity index (χ4v) is 1.80. The average Bonchev–Trinajstić information content (AvgIpc) is 2.54. The third-order valence-corrected chi connectivity index (χ3v) is 2.89. The second-order valence-electron chi connectivity index (χ2n) is 4.29. The minimum absolute atomic E-state index is 0.456. The van der Waals surface area contributed by atoms with E-state index in [-0.39, 0.29) is 0 Å². The van der Waals surface area contributed by atoms with Crippen molar-refractivity contribution in [2.75, 3.05) is 13.0 Å². The van der Waals surface area contributed by atoms with Gasteiger partial charge in [0, 0.05) is 24.1 Å². The van der Waals surface area contributed by atoms with E-state index < -0.39 is 0 Å². The molecule has 0 fully saturated rings. The maximum Gasteiger partial charge on any atom is 0.139 e. The summed E-state index contributed by atoms with van der Waals surface area (Å²) in [5.41, 5.74) is 1.86. The molecule has 0 aliphatic rings. The first kappa shape index (κ1) is 15.2. The summed E-state index contributed by atoms with van der Waals surface area (Å²) in [5.74, 6) is 8.02. The van der Waals surface area contributed by atoms with Crippen molar-refractivity contribution in [1.29, 1.82) is 0 Å². The molecule has 2 aromatic rings. The minimum atomic E-state index is 0.456. The van der Waals surface area contributed by atoms with Crippen LogP contribution in [0.25, 0.3) is 0 Å². The normalized spacial score (nSPS) is 9.62. The van der Waals surface area contributed by atoms with E-state index in [1.807, 2.05) is 30.3 Å². The first-order chi connectivity index (χ1) is 10.3. The Kier molecular flexibility index (Phi) is 5.93. The van der Waals surface area contributed by atoms with Crippen LogP contribution < -0.4 is 9.47 Å². The Morgan fingerprint density at radius 3 is 2.90 bits per heavy atom. The SMILES string of the molecule is COc1cccc(COc2cncc(C#CCCCl)c2)c1. The molecule has 0 bridgehead atoms. The summed E-state index contributed by atoms with van der Waals surface area (Å²) in [6.07, 6.45) is 4.04. The lowest BCUT2D eigenvalue weighted by Crippen LogP contribution is -1.96. The molecule has 0 N–H and O–H groups in total. The van der Waals surface area contributed by atoms with Crippen LogP contribution in [0.5, 0.6) is 11.5 Å². The molecule has 0 atom stereocenters. The van der Waals surface area contributed by atoms with Crippen molar-refractivity contribution in [2.45, 2.75) is 13.0 Å². The Labute approximate surface area is 129 Å². The lowest BCUT2D eigenvalue weighted by atomic mass is 10.2. The van der Waals surface area contributed by atoms with Crippen LogP contribution in [0.3, 0.4) is 0 Å². The molecule has 0 spiro atoms. The van der Waals surface area contributed by atoms with Crippen LogP contribution in [0.1, 0.15) is 17.5 Å². The molecule has 0 saturated carbocycles. The lowest BCUT2D eigenvalue weighted by Gasteiger charge is -2.07. The van der Waals surface area contributed by atoms with E-state index >= 15 is 0 Å². The standard InChI is InChI=1S/C17H16ClNO2/c1-20-16-7-4-6-15(10-16)13-21-17-9-14(11-19-12-17)5-2-3-8-18/h4,6-7,9-12H,3,8,13H2,1H3. The molecule has 108 valence electrons. The maximum atomic E-state index is 5.73. The van der Waals surface area contributed by atoms with Crippen LogP contribution in [0.4, 0.5) is 0 Å². The highest BCUT2D eigenvalue weighted by molar-refractivity contribution is 6.18. The average molecular weight is 302 g/mol. The maximum absolute atomic E-state index is 5.73. The number of halogens is 1. The first-order valence-corrected chi connectivity index (χ1v) is 7.11. The highest BCUT2D eigenvalue weighted by Gasteiger charge is 1.99. The van der Waals surface area contributed by atoms with Gasteiger partial charge in [-0.2, -0.15) is 0 Å². The number of ether oxygens (including phenoxy) is 2. The minimum Gasteiger partial charge on any atom is -0.497 e. The van der Waals surface area contributed by atoms with Crippen LogP contribution in [-0.2, 0) is 6.61 Å². The largest absolute Gasteiger partial charge is 0.497 e. The molecular weight excluding hydrogens is 286 g/mol. The first-order valence-electron chi connectivity index (χ1n) is 6.57. The van der Waals surface area contributed by atoms with Gasteiger partial charge in [0.05, 0.1) is 13.3 Å². The smallest absolute Gasteiger partial charge is 0.139 e. The zero-order valence-corrected chi connectivity index (χ0v) is 12.6. The van der Waals surface area contributed by atoms with E-state index in [1.54, 1.807) is 19.5 Å². The molecule has 21 heavy (non-hydrogen) atoms. The number of pyridine rings is 1. The quantitative estimate of drug-likeness (QED) is 0.624. The molecule has 1 heterocycles. The number of hydrogen-bond acceptors (Lipinski definition) is 3. The molecule has 1 aromatic carbocycles. The van der Waals surface area contributed by atoms with Crippen molar-refractivity contribution < 1.29 is 9.47 Å². The fraction of sp³-hybridized carbons (Fsp3) is 0.235. The second kappa shape index (κ2) is 8.18. The van der Waals surface area contributed by atoms with Gasteiger partial charge in [-0.25, -0.2) is 0 Å². The van der Waals surface area contributed by atoms with Crippen molar-refractivity contribution in [3.8, 4) is 23.3 Å². The monoisotopic (exact) mass is 301 g/mol. The van der Waals surface area contributed by atoms with Crippen LogP contribution >= 0.6 is 11.6 Å². The summed E-state index contributed by atoms with van der Waals surface area (Å²) in [6, 6.07) is 9.63. The Hall–Kier alpha value is -2.18. The summed E-state index contributed by atoms with van der Waals surface area (Å²) in [5, 5.41) is 0. The van der Waals surface area contributed by atoms with Gasteiger partial charge in [0.1, 0.15) is 18.1 Å². The summed E-state index contributed by atoms with van der Waals surface area (Å²) < 4.78 is 10.9. The third kappa shape index (κ3) is 5.02. The van der Waals surface area contributed by atoms with Gasteiger partial charge in [0.2, 0.25) is 0 Å². The number of alkyl halides is 1. The topological polar surface area (TPSA) is 31.4 Å². The van der Waals surface area contributed by atoms with Crippen molar-refractivity contribution in [3.63, 3.8) is 0 Å². The predicted molar refractivity (Wildman–Crippen MR) is 83.8 cm³/mol. The van der Waals surface area contributed by atoms with Crippen LogP contribution in [0.2, 0.25) is 0 Å². The number of benzene rings is 1. The van der Waals surface area contributed by atoms with E-state index in [0.29, 0.717) is 24.7 Å². The van der Waals surface area contributed by atoms with Crippen LogP contribution in [-0.4, -0.2) is 18.0 Å². The van der Waals surface area contributed by atoms with Crippen molar-refractivity contribution in [3.05, 3.63) is 53.9 Å². The van der Waals surface area contributed by atoms with E-state index in [1.165, 1.54) is 0 Å². The Morgan fingerprint density at radius 1 is 1.19 bits per heavy atom. The number of nitrogens with zero attached hydrogens (tertiary/aromatic N) is 1. The molecule has 0 amide bonds. The van der Waals surface area contributed by atoms with Crippen LogP contribution in [0.15, 0.2) is 42.7 Å². The number of methoxy groups -OCH3 is 1. The Bertz CT molecular complexity index is 646. The molecular formula is C17H16ClNO2. The highest BCUT2D eigenvalue weighted by Crippen LogP contribution is 2.16. The molecule has 2 rings (SSSR count). The van der Waals surface area contributed by atoms with E-state index in [4.69, 9.17) is 21.1 Å². The van der Waals surface area contributed by atoms with E-state index in [9.17, 15) is 0 Å². The molecule has 0 aliphatic carbocycles. The van der Waals surface area contributed by atoms with Crippen molar-refractivity contribution in [1.82, 2.24) is 4.98 Å². The van der Waals surface area contributed by atoms with E-state index in [0.717, 1.165) is 16.9 Å². The Morgan fingerprint density at radius 2 is 2.10 bits per heavy atom. The molecule has 0 aliphatic heterocycles. The number of rotatable bonds is 5. The van der Waals surface area contributed by atoms with Crippen LogP contribution in [0, 0.1) is 11.8 Å². The molecule has 1 aromatic heterocycles. The molecule has 0 radical (unpaired) electrons. The van der Waals surface area contributed by atoms with E-state index in [2.05, 4.69) is 16.8 Å². The van der Waals surface area contributed by atoms with Crippen molar-refractivity contribution >= 4 is 11.6 Å². The van der Waals surface area contributed by atoms with Gasteiger partial charge in [0.15, 0.2) is 0 Å². The number of aromatic nitrogens is 1. The zero-order valence-electron chi connectivity index (χ0n) is 11.8. The van der Waals surface area contributed by atoms with Gasteiger partial charge < -0.3 is 9.47 Å². The van der Waals surface area contributed by atoms with Gasteiger partial charge in [-0.3, -0.25) is 4.98 Å². The number of hydrogen-bond donors (Lipinski definition) is 0. The molecule has 4 heteroatoms. The van der Waals surface area contributed by atoms with Gasteiger partial charge in [-0.05, 0) is 23.8 Å². The lowest BCUT2D eigenvalue weighted by molar-refractivity contribution is 0.304. The van der Waals surface area contributed by atoms with Gasteiger partial charge in [-0.1, -0.05) is 24.0 Å². The summed E-state index contributed by atoms with van der Waals surface area (Å²) in [4.78, 5) is 4.12. The van der Waals surface area contributed by atoms with Gasteiger partial charge >= 0.3 is 0 Å². The third-order valence-electron chi connectivity index (χ3n) is 2.71. The highest BCUT2D eigenvalue weighted by atomic mass is 35.5. The fourth-order valence-electron chi connectivity index (χ4n) is 1.71. The van der Waals surface area contributed by atoms with Gasteiger partial charge in [-0.15, -0.1) is 11.6 Å².